The van der Waals surface area contributed by atoms with Crippen LogP contribution in [0.15, 0.2) is 11.4 Å². The van der Waals surface area contributed by atoms with Gasteiger partial charge in [0.1, 0.15) is 0 Å². The van der Waals surface area contributed by atoms with Crippen LogP contribution in [0.4, 0.5) is 0 Å². The molecule has 0 bridgehead atoms. The molecular weight excluding hydrogens is 258 g/mol. The number of amides is 1. The van der Waals surface area contributed by atoms with Gasteiger partial charge in [0.2, 0.25) is 0 Å². The Labute approximate surface area is 119 Å². The zero-order valence-electron chi connectivity index (χ0n) is 11.7. The predicted molar refractivity (Wildman–Crippen MR) is 78.8 cm³/mol. The van der Waals surface area contributed by atoms with Crippen molar-refractivity contribution in [2.75, 3.05) is 6.54 Å². The van der Waals surface area contributed by atoms with Crippen LogP contribution in [0.3, 0.4) is 0 Å². The topological polar surface area (TPSA) is 49.3 Å². The molecule has 1 aromatic rings. The van der Waals surface area contributed by atoms with E-state index in [0.717, 1.165) is 36.1 Å². The van der Waals surface area contributed by atoms with E-state index in [0.29, 0.717) is 12.5 Å². The van der Waals surface area contributed by atoms with Gasteiger partial charge >= 0.3 is 0 Å². The summed E-state index contributed by atoms with van der Waals surface area (Å²) >= 11 is 1.48. The Hall–Kier alpha value is -0.870. The summed E-state index contributed by atoms with van der Waals surface area (Å²) in [5.41, 5.74) is 0.404. The summed E-state index contributed by atoms with van der Waals surface area (Å²) in [6.07, 6.45) is 4.91. The Kier molecular flexibility index (Phi) is 4.63. The molecule has 1 saturated carbocycles. The van der Waals surface area contributed by atoms with E-state index in [4.69, 9.17) is 0 Å². The molecule has 0 radical (unpaired) electrons. The van der Waals surface area contributed by atoms with E-state index in [1.165, 1.54) is 17.8 Å². The van der Waals surface area contributed by atoms with Crippen molar-refractivity contribution in [3.63, 3.8) is 0 Å². The van der Waals surface area contributed by atoms with Crippen LogP contribution in [0.2, 0.25) is 0 Å². The van der Waals surface area contributed by atoms with Crippen molar-refractivity contribution < 1.29 is 9.90 Å². The Morgan fingerprint density at radius 3 is 2.74 bits per heavy atom. The highest BCUT2D eigenvalue weighted by atomic mass is 32.1. The van der Waals surface area contributed by atoms with Crippen molar-refractivity contribution in [3.8, 4) is 0 Å². The average molecular weight is 281 g/mol. The fraction of sp³-hybridized carbons (Fsp3) is 0.667. The van der Waals surface area contributed by atoms with E-state index in [1.807, 2.05) is 11.4 Å². The largest absolute Gasteiger partial charge is 0.388 e. The fourth-order valence-corrected chi connectivity index (χ4v) is 3.64. The third-order valence-corrected chi connectivity index (χ3v) is 4.82. The maximum atomic E-state index is 12.2. The molecule has 1 aliphatic rings. The predicted octanol–water partition coefficient (Wildman–Crippen LogP) is 3.30. The zero-order chi connectivity index (χ0) is 13.9. The first-order chi connectivity index (χ1) is 9.02. The van der Waals surface area contributed by atoms with Gasteiger partial charge in [0, 0.05) is 6.54 Å². The summed E-state index contributed by atoms with van der Waals surface area (Å²) in [5, 5.41) is 15.3. The molecule has 1 aliphatic carbocycles. The van der Waals surface area contributed by atoms with E-state index < -0.39 is 5.60 Å². The average Bonchev–Trinajstić information content (AvgIpc) is 2.86. The lowest BCUT2D eigenvalue weighted by Crippen LogP contribution is -2.44. The number of rotatable bonds is 4. The molecule has 2 rings (SSSR count). The second-order valence-corrected chi connectivity index (χ2v) is 6.74. The normalized spacial score (nSPS) is 18.5. The molecule has 0 unspecified atom stereocenters. The van der Waals surface area contributed by atoms with Crippen LogP contribution in [-0.4, -0.2) is 23.2 Å². The first-order valence-electron chi connectivity index (χ1n) is 7.10. The highest BCUT2D eigenvalue weighted by Gasteiger charge is 2.30. The molecule has 2 N–H and O–H groups in total. The second kappa shape index (κ2) is 6.06. The van der Waals surface area contributed by atoms with Gasteiger partial charge in [-0.3, -0.25) is 4.79 Å². The van der Waals surface area contributed by atoms with Crippen LogP contribution < -0.4 is 5.32 Å². The lowest BCUT2D eigenvalue weighted by atomic mass is 9.85. The summed E-state index contributed by atoms with van der Waals surface area (Å²) < 4.78 is 0. The smallest absolute Gasteiger partial charge is 0.261 e. The first kappa shape index (κ1) is 14.5. The zero-order valence-corrected chi connectivity index (χ0v) is 12.6. The minimum atomic E-state index is -0.691. The van der Waals surface area contributed by atoms with Crippen molar-refractivity contribution >= 4 is 17.2 Å². The van der Waals surface area contributed by atoms with E-state index in [2.05, 4.69) is 19.2 Å². The fourth-order valence-electron chi connectivity index (χ4n) is 2.67. The van der Waals surface area contributed by atoms with E-state index >= 15 is 0 Å². The number of hydrogen-bond acceptors (Lipinski definition) is 3. The van der Waals surface area contributed by atoms with Crippen molar-refractivity contribution in [2.24, 2.45) is 0 Å². The van der Waals surface area contributed by atoms with Crippen LogP contribution in [-0.2, 0) is 0 Å². The molecule has 0 atom stereocenters. The minimum absolute atomic E-state index is 0.0438. The molecule has 19 heavy (non-hydrogen) atoms. The lowest BCUT2D eigenvalue weighted by Gasteiger charge is -2.32. The third kappa shape index (κ3) is 3.57. The quantitative estimate of drug-likeness (QED) is 0.889. The number of hydrogen-bond donors (Lipinski definition) is 2. The Morgan fingerprint density at radius 2 is 2.11 bits per heavy atom. The van der Waals surface area contributed by atoms with Crippen LogP contribution in [0.5, 0.6) is 0 Å². The first-order valence-corrected chi connectivity index (χ1v) is 7.98. The van der Waals surface area contributed by atoms with Crippen LogP contribution in [0, 0.1) is 0 Å². The third-order valence-electron chi connectivity index (χ3n) is 3.89. The molecule has 3 nitrogen and oxygen atoms in total. The molecule has 0 aliphatic heterocycles. The molecule has 4 heteroatoms. The number of aliphatic hydroxyl groups is 1. The van der Waals surface area contributed by atoms with Gasteiger partial charge in [-0.05, 0) is 35.8 Å². The summed E-state index contributed by atoms with van der Waals surface area (Å²) in [6.45, 7) is 4.56. The van der Waals surface area contributed by atoms with Gasteiger partial charge in [0.25, 0.3) is 5.91 Å². The van der Waals surface area contributed by atoms with Crippen LogP contribution in [0.1, 0.15) is 67.1 Å². The number of thiophene rings is 1. The maximum absolute atomic E-state index is 12.2. The molecule has 0 aromatic carbocycles. The van der Waals surface area contributed by atoms with Crippen molar-refractivity contribution in [1.29, 1.82) is 0 Å². The summed E-state index contributed by atoms with van der Waals surface area (Å²) in [5.74, 6) is 0.308. The molecule has 1 aromatic heterocycles. The maximum Gasteiger partial charge on any atom is 0.261 e. The van der Waals surface area contributed by atoms with Crippen molar-refractivity contribution in [1.82, 2.24) is 5.32 Å². The van der Waals surface area contributed by atoms with Crippen molar-refractivity contribution in [2.45, 2.75) is 57.5 Å². The van der Waals surface area contributed by atoms with Gasteiger partial charge in [-0.2, -0.15) is 0 Å². The molecule has 106 valence electrons. The molecular formula is C15H23NO2S. The van der Waals surface area contributed by atoms with Gasteiger partial charge in [-0.1, -0.05) is 33.1 Å². The monoisotopic (exact) mass is 281 g/mol. The van der Waals surface area contributed by atoms with Crippen LogP contribution >= 0.6 is 11.3 Å². The highest BCUT2D eigenvalue weighted by Crippen LogP contribution is 2.28. The number of nitrogens with one attached hydrogen (secondary N) is 1. The van der Waals surface area contributed by atoms with Gasteiger partial charge in [0.05, 0.1) is 10.5 Å². The molecule has 1 heterocycles. The molecule has 0 spiro atoms. The highest BCUT2D eigenvalue weighted by molar-refractivity contribution is 7.12. The van der Waals surface area contributed by atoms with Gasteiger partial charge in [0.15, 0.2) is 0 Å². The Balaban J connectivity index is 1.95. The SMILES string of the molecule is CC(C)c1ccsc1C(=O)NCC1(O)CCCCC1. The molecule has 1 fully saturated rings. The van der Waals surface area contributed by atoms with Gasteiger partial charge in [-0.25, -0.2) is 0 Å². The summed E-state index contributed by atoms with van der Waals surface area (Å²) in [6, 6.07) is 2.01. The lowest BCUT2D eigenvalue weighted by molar-refractivity contribution is 0.00528. The second-order valence-electron chi connectivity index (χ2n) is 5.83. The van der Waals surface area contributed by atoms with E-state index in [1.54, 1.807) is 0 Å². The van der Waals surface area contributed by atoms with Gasteiger partial charge < -0.3 is 10.4 Å². The minimum Gasteiger partial charge on any atom is -0.388 e. The summed E-state index contributed by atoms with van der Waals surface area (Å²) in [4.78, 5) is 13.0. The van der Waals surface area contributed by atoms with Crippen LogP contribution in [0.25, 0.3) is 0 Å². The Morgan fingerprint density at radius 1 is 1.42 bits per heavy atom. The summed E-state index contributed by atoms with van der Waals surface area (Å²) in [7, 11) is 0. The van der Waals surface area contributed by atoms with E-state index in [9.17, 15) is 9.90 Å². The van der Waals surface area contributed by atoms with Gasteiger partial charge in [-0.15, -0.1) is 11.3 Å². The molecule has 0 saturated heterocycles. The van der Waals surface area contributed by atoms with Crippen molar-refractivity contribution in [3.05, 3.63) is 21.9 Å². The van der Waals surface area contributed by atoms with E-state index in [-0.39, 0.29) is 5.91 Å². The number of carbonyl (C=O) groups is 1. The Bertz CT molecular complexity index is 433. The molecule has 1 amide bonds. The standard InChI is InChI=1S/C15H23NO2S/c1-11(2)12-6-9-19-13(12)14(17)16-10-15(18)7-4-3-5-8-15/h6,9,11,18H,3-5,7-8,10H2,1-2H3,(H,16,17). The number of carbonyl (C=O) groups excluding carboxylic acids is 1.